The van der Waals surface area contributed by atoms with E-state index in [1.165, 1.54) is 0 Å². The third-order valence-electron chi connectivity index (χ3n) is 3.40. The van der Waals surface area contributed by atoms with E-state index in [4.69, 9.17) is 0 Å². The highest BCUT2D eigenvalue weighted by Gasteiger charge is 2.11. The van der Waals surface area contributed by atoms with Crippen LogP contribution in [0.25, 0.3) is 20.2 Å². The minimum absolute atomic E-state index is 0.00208. The molecule has 0 aliphatic carbocycles. The van der Waals surface area contributed by atoms with Crippen molar-refractivity contribution in [3.63, 3.8) is 0 Å². The van der Waals surface area contributed by atoms with E-state index in [0.29, 0.717) is 5.39 Å². The Balaban J connectivity index is 2.65. The second-order valence-corrected chi connectivity index (χ2v) is 5.50. The van der Waals surface area contributed by atoms with Crippen molar-refractivity contribution in [2.45, 2.75) is 13.8 Å². The van der Waals surface area contributed by atoms with Gasteiger partial charge in [0.25, 0.3) is 0 Å². The fraction of sp³-hybridized carbons (Fsp3) is 0.133. The van der Waals surface area contributed by atoms with Crippen LogP contribution in [0.1, 0.15) is 11.1 Å². The maximum Gasteiger partial charge on any atom is 0.196 e. The van der Waals surface area contributed by atoms with Gasteiger partial charge in [0.05, 0.1) is 0 Å². The maximum absolute atomic E-state index is 12.4. The fourth-order valence-corrected chi connectivity index (χ4v) is 3.38. The standard InChI is InChI=1S/C15H12O2S/c1-8-9(2)15-11(7-12(8)16)14(17)10-5-3-4-6-13(10)18-15/h3-7,16H,1-2H3. The van der Waals surface area contributed by atoms with Gasteiger partial charge in [0.2, 0.25) is 0 Å². The Kier molecular flexibility index (Phi) is 2.38. The van der Waals surface area contributed by atoms with Gasteiger partial charge in [-0.2, -0.15) is 0 Å². The van der Waals surface area contributed by atoms with E-state index in [1.807, 2.05) is 38.1 Å². The van der Waals surface area contributed by atoms with Crippen molar-refractivity contribution in [1.29, 1.82) is 0 Å². The molecular weight excluding hydrogens is 244 g/mol. The monoisotopic (exact) mass is 256 g/mol. The first kappa shape index (κ1) is 11.2. The number of aryl methyl sites for hydroxylation is 1. The van der Waals surface area contributed by atoms with E-state index in [0.717, 1.165) is 25.9 Å². The lowest BCUT2D eigenvalue weighted by molar-refractivity contribution is 0.471. The smallest absolute Gasteiger partial charge is 0.196 e. The highest BCUT2D eigenvalue weighted by Crippen LogP contribution is 2.32. The summed E-state index contributed by atoms with van der Waals surface area (Å²) < 4.78 is 1.96. The largest absolute Gasteiger partial charge is 0.508 e. The van der Waals surface area contributed by atoms with Crippen molar-refractivity contribution in [2.75, 3.05) is 0 Å². The molecule has 0 saturated heterocycles. The first-order chi connectivity index (χ1) is 8.59. The molecule has 0 radical (unpaired) electrons. The molecule has 2 aromatic carbocycles. The van der Waals surface area contributed by atoms with Crippen LogP contribution >= 0.6 is 11.3 Å². The van der Waals surface area contributed by atoms with Crippen molar-refractivity contribution in [3.8, 4) is 5.75 Å². The molecule has 0 spiro atoms. The lowest BCUT2D eigenvalue weighted by Crippen LogP contribution is -2.02. The third kappa shape index (κ3) is 1.44. The van der Waals surface area contributed by atoms with Crippen LogP contribution in [0, 0.1) is 13.8 Å². The molecule has 18 heavy (non-hydrogen) atoms. The number of fused-ring (bicyclic) bond motifs is 2. The number of benzene rings is 2. The van der Waals surface area contributed by atoms with Gasteiger partial charge in [-0.3, -0.25) is 4.79 Å². The molecule has 2 nitrogen and oxygen atoms in total. The predicted octanol–water partition coefficient (Wildman–Crippen LogP) is 3.74. The number of aromatic hydroxyl groups is 1. The molecule has 0 amide bonds. The van der Waals surface area contributed by atoms with E-state index in [2.05, 4.69) is 0 Å². The van der Waals surface area contributed by atoms with E-state index in [-0.39, 0.29) is 11.2 Å². The molecule has 3 aromatic rings. The Labute approximate surface area is 108 Å². The van der Waals surface area contributed by atoms with Gasteiger partial charge in [-0.1, -0.05) is 12.1 Å². The predicted molar refractivity (Wildman–Crippen MR) is 76.7 cm³/mol. The summed E-state index contributed by atoms with van der Waals surface area (Å²) in [6, 6.07) is 9.18. The number of rotatable bonds is 0. The van der Waals surface area contributed by atoms with E-state index < -0.39 is 0 Å². The number of phenolic OH excluding ortho intramolecular Hbond substituents is 1. The zero-order valence-corrected chi connectivity index (χ0v) is 11.0. The first-order valence-corrected chi connectivity index (χ1v) is 6.56. The van der Waals surface area contributed by atoms with Crippen molar-refractivity contribution in [1.82, 2.24) is 0 Å². The van der Waals surface area contributed by atoms with Crippen LogP contribution in [0.3, 0.4) is 0 Å². The lowest BCUT2D eigenvalue weighted by Gasteiger charge is -2.08. The highest BCUT2D eigenvalue weighted by atomic mass is 32.1. The molecule has 0 atom stereocenters. The molecule has 0 unspecified atom stereocenters. The fourth-order valence-electron chi connectivity index (χ4n) is 2.17. The van der Waals surface area contributed by atoms with Gasteiger partial charge in [-0.15, -0.1) is 11.3 Å². The SMILES string of the molecule is Cc1c(O)cc2c(=O)c3ccccc3sc2c1C. The molecule has 90 valence electrons. The molecule has 0 saturated carbocycles. The second-order valence-electron chi connectivity index (χ2n) is 4.45. The molecular formula is C15H12O2S. The van der Waals surface area contributed by atoms with Crippen molar-refractivity contribution in [3.05, 3.63) is 51.7 Å². The molecule has 0 fully saturated rings. The molecule has 1 N–H and O–H groups in total. The van der Waals surface area contributed by atoms with Gasteiger partial charge in [0.15, 0.2) is 5.43 Å². The van der Waals surface area contributed by atoms with Crippen LogP contribution in [0.15, 0.2) is 35.1 Å². The summed E-state index contributed by atoms with van der Waals surface area (Å²) in [5, 5.41) is 11.2. The van der Waals surface area contributed by atoms with Gasteiger partial charge in [0, 0.05) is 20.2 Å². The molecule has 3 heteroatoms. The zero-order chi connectivity index (χ0) is 12.9. The Morgan fingerprint density at radius 2 is 1.78 bits per heavy atom. The summed E-state index contributed by atoms with van der Waals surface area (Å²) >= 11 is 1.60. The van der Waals surface area contributed by atoms with Crippen LogP contribution in [0.4, 0.5) is 0 Å². The Hall–Kier alpha value is -1.87. The molecule has 0 aliphatic heterocycles. The van der Waals surface area contributed by atoms with Crippen LogP contribution in [-0.2, 0) is 0 Å². The average Bonchev–Trinajstić information content (AvgIpc) is 2.38. The Bertz CT molecular complexity index is 831. The normalized spacial score (nSPS) is 11.2. The van der Waals surface area contributed by atoms with Gasteiger partial charge in [-0.25, -0.2) is 0 Å². The van der Waals surface area contributed by atoms with Crippen LogP contribution in [0.2, 0.25) is 0 Å². The molecule has 1 aromatic heterocycles. The third-order valence-corrected chi connectivity index (χ3v) is 4.71. The van der Waals surface area contributed by atoms with Gasteiger partial charge in [0.1, 0.15) is 5.75 Å². The lowest BCUT2D eigenvalue weighted by atomic mass is 10.1. The minimum atomic E-state index is -0.00208. The first-order valence-electron chi connectivity index (χ1n) is 5.74. The van der Waals surface area contributed by atoms with Crippen LogP contribution in [0.5, 0.6) is 5.75 Å². The van der Waals surface area contributed by atoms with Gasteiger partial charge >= 0.3 is 0 Å². The molecule has 1 heterocycles. The van der Waals surface area contributed by atoms with Crippen LogP contribution in [-0.4, -0.2) is 5.11 Å². The maximum atomic E-state index is 12.4. The zero-order valence-electron chi connectivity index (χ0n) is 10.2. The van der Waals surface area contributed by atoms with Gasteiger partial charge in [-0.05, 0) is 43.2 Å². The summed E-state index contributed by atoms with van der Waals surface area (Å²) in [5.74, 6) is 0.194. The van der Waals surface area contributed by atoms with E-state index in [9.17, 15) is 9.90 Å². The van der Waals surface area contributed by atoms with Crippen LogP contribution < -0.4 is 5.43 Å². The topological polar surface area (TPSA) is 37.3 Å². The summed E-state index contributed by atoms with van der Waals surface area (Å²) in [4.78, 5) is 12.4. The molecule has 0 bridgehead atoms. The minimum Gasteiger partial charge on any atom is -0.508 e. The van der Waals surface area contributed by atoms with Crippen molar-refractivity contribution < 1.29 is 5.11 Å². The molecule has 0 aliphatic rings. The number of hydrogen-bond donors (Lipinski definition) is 1. The quantitative estimate of drug-likeness (QED) is 0.622. The average molecular weight is 256 g/mol. The second kappa shape index (κ2) is 3.82. The summed E-state index contributed by atoms with van der Waals surface area (Å²) in [6.07, 6.45) is 0. The van der Waals surface area contributed by atoms with Gasteiger partial charge < -0.3 is 5.11 Å². The van der Waals surface area contributed by atoms with E-state index >= 15 is 0 Å². The van der Waals surface area contributed by atoms with E-state index in [1.54, 1.807) is 17.4 Å². The van der Waals surface area contributed by atoms with Crippen molar-refractivity contribution >= 4 is 31.5 Å². The summed E-state index contributed by atoms with van der Waals surface area (Å²) in [6.45, 7) is 3.82. The Morgan fingerprint density at radius 3 is 2.56 bits per heavy atom. The number of phenols is 1. The summed E-state index contributed by atoms with van der Waals surface area (Å²) in [7, 11) is 0. The Morgan fingerprint density at radius 1 is 1.06 bits per heavy atom. The van der Waals surface area contributed by atoms with Crippen molar-refractivity contribution in [2.24, 2.45) is 0 Å². The summed E-state index contributed by atoms with van der Waals surface area (Å²) in [5.41, 5.74) is 1.82. The number of hydrogen-bond acceptors (Lipinski definition) is 3. The molecule has 3 rings (SSSR count). The highest BCUT2D eigenvalue weighted by molar-refractivity contribution is 7.24.